The lowest BCUT2D eigenvalue weighted by molar-refractivity contribution is -0.00584. The Morgan fingerprint density at radius 3 is 2.27 bits per heavy atom. The summed E-state index contributed by atoms with van der Waals surface area (Å²) in [4.78, 5) is 40.9. The van der Waals surface area contributed by atoms with Crippen LogP contribution in [0.4, 0.5) is 17.1 Å². The lowest BCUT2D eigenvalue weighted by atomic mass is 9.66. The number of ketones is 2. The van der Waals surface area contributed by atoms with Gasteiger partial charge in [-0.25, -0.2) is 4.79 Å². The number of nitrogens with two attached hydrogens (primary N) is 1. The lowest BCUT2D eigenvalue weighted by Gasteiger charge is -2.41. The molecule has 7 heteroatoms. The average Bonchev–Trinajstić information content (AvgIpc) is 2.97. The summed E-state index contributed by atoms with van der Waals surface area (Å²) >= 11 is 6.06. The summed E-state index contributed by atoms with van der Waals surface area (Å²) in [6.07, 6.45) is 7.50. The van der Waals surface area contributed by atoms with Crippen molar-refractivity contribution in [2.45, 2.75) is 58.0 Å². The van der Waals surface area contributed by atoms with Crippen LogP contribution in [0.25, 0.3) is 0 Å². The molecule has 0 aromatic heterocycles. The third-order valence-corrected chi connectivity index (χ3v) is 9.36. The fourth-order valence-corrected chi connectivity index (χ4v) is 7.04. The van der Waals surface area contributed by atoms with Gasteiger partial charge in [0.1, 0.15) is 6.10 Å². The molecule has 2 unspecified atom stereocenters. The van der Waals surface area contributed by atoms with Crippen molar-refractivity contribution in [2.75, 3.05) is 11.1 Å². The van der Waals surface area contributed by atoms with Gasteiger partial charge in [-0.1, -0.05) is 55.6 Å². The molecule has 0 bridgehead atoms. The number of ether oxygens (including phenoxy) is 1. The number of anilines is 3. The van der Waals surface area contributed by atoms with Gasteiger partial charge in [-0.15, -0.1) is 0 Å². The number of hydrogen-bond donors (Lipinski definition) is 2. The Bertz CT molecular complexity index is 1500. The van der Waals surface area contributed by atoms with E-state index < -0.39 is 5.97 Å². The maximum absolute atomic E-state index is 13.7. The van der Waals surface area contributed by atoms with Gasteiger partial charge in [-0.3, -0.25) is 9.59 Å². The fraction of sp³-hybridized carbons (Fsp3) is 0.364. The van der Waals surface area contributed by atoms with Crippen molar-refractivity contribution < 1.29 is 19.1 Å². The van der Waals surface area contributed by atoms with Gasteiger partial charge in [0, 0.05) is 21.8 Å². The predicted molar refractivity (Wildman–Crippen MR) is 157 cm³/mol. The van der Waals surface area contributed by atoms with E-state index in [4.69, 9.17) is 22.1 Å². The van der Waals surface area contributed by atoms with Crippen LogP contribution < -0.4 is 11.1 Å². The molecule has 206 valence electrons. The van der Waals surface area contributed by atoms with Crippen LogP contribution in [0.5, 0.6) is 0 Å². The highest BCUT2D eigenvalue weighted by atomic mass is 35.5. The first-order valence-corrected chi connectivity index (χ1v) is 14.6. The van der Waals surface area contributed by atoms with Crippen LogP contribution in [0.3, 0.4) is 0 Å². The second-order valence-electron chi connectivity index (χ2n) is 11.4. The molecule has 3 aliphatic rings. The zero-order chi connectivity index (χ0) is 28.0. The molecule has 3 aliphatic carbocycles. The molecule has 40 heavy (non-hydrogen) atoms. The van der Waals surface area contributed by atoms with Crippen LogP contribution in [-0.4, -0.2) is 23.6 Å². The van der Waals surface area contributed by atoms with Crippen molar-refractivity contribution in [2.24, 2.45) is 17.8 Å². The predicted octanol–water partition coefficient (Wildman–Crippen LogP) is 7.59. The molecule has 4 atom stereocenters. The molecule has 6 nitrogen and oxygen atoms in total. The van der Waals surface area contributed by atoms with E-state index >= 15 is 0 Å². The van der Waals surface area contributed by atoms with Gasteiger partial charge >= 0.3 is 5.97 Å². The summed E-state index contributed by atoms with van der Waals surface area (Å²) in [7, 11) is 0. The second-order valence-corrected chi connectivity index (χ2v) is 11.9. The zero-order valence-corrected chi connectivity index (χ0v) is 23.3. The maximum atomic E-state index is 13.7. The minimum atomic E-state index is -0.566. The quantitative estimate of drug-likeness (QED) is 0.194. The van der Waals surface area contributed by atoms with Crippen LogP contribution in [0, 0.1) is 17.8 Å². The van der Waals surface area contributed by atoms with Gasteiger partial charge in [-0.05, 0) is 80.2 Å². The highest BCUT2D eigenvalue weighted by molar-refractivity contribution is 6.33. The lowest BCUT2D eigenvalue weighted by Crippen LogP contribution is -2.35. The number of nitrogen functional groups attached to an aromatic ring is 1. The molecular weight excluding hydrogens is 524 g/mol. The number of fused-ring (bicyclic) bond motifs is 3. The zero-order valence-electron chi connectivity index (χ0n) is 22.5. The Labute approximate surface area is 239 Å². The monoisotopic (exact) mass is 556 g/mol. The number of benzene rings is 3. The molecule has 0 saturated heterocycles. The minimum absolute atomic E-state index is 0.0216. The first-order chi connectivity index (χ1) is 19.3. The summed E-state index contributed by atoms with van der Waals surface area (Å²) in [5.74, 6) is 0.824. The van der Waals surface area contributed by atoms with Gasteiger partial charge < -0.3 is 15.8 Å². The standard InChI is InChI=1S/C33H33ClN2O4/c1-2-18-7-8-20-16-23(14-9-19(20)15-18)40-33(39)26-17-27(36-22-12-10-21(34)11-13-22)28-29(30(26)35)32(38)25-6-4-3-5-24(25)31(28)37/h3-6,10-13,17-20,23,36H,2,7-9,14-16,35H2,1H3/t18?,19-,20?,23-/m1/s1. The van der Waals surface area contributed by atoms with E-state index in [1.807, 2.05) is 0 Å². The number of rotatable bonds is 5. The molecule has 0 radical (unpaired) electrons. The number of nitrogens with one attached hydrogen (secondary N) is 1. The van der Waals surface area contributed by atoms with Crippen molar-refractivity contribution in [3.05, 3.63) is 87.4 Å². The summed E-state index contributed by atoms with van der Waals surface area (Å²) < 4.78 is 6.04. The van der Waals surface area contributed by atoms with Gasteiger partial charge in [0.15, 0.2) is 11.6 Å². The van der Waals surface area contributed by atoms with Crippen molar-refractivity contribution in [3.63, 3.8) is 0 Å². The molecule has 6 rings (SSSR count). The molecule has 2 saturated carbocycles. The van der Waals surface area contributed by atoms with Crippen LogP contribution >= 0.6 is 11.6 Å². The highest BCUT2D eigenvalue weighted by Crippen LogP contribution is 2.45. The van der Waals surface area contributed by atoms with Gasteiger partial charge in [-0.2, -0.15) is 0 Å². The van der Waals surface area contributed by atoms with E-state index in [1.54, 1.807) is 54.6 Å². The van der Waals surface area contributed by atoms with Crippen LogP contribution in [0.1, 0.15) is 94.1 Å². The maximum Gasteiger partial charge on any atom is 0.340 e. The van der Waals surface area contributed by atoms with E-state index in [0.29, 0.717) is 33.8 Å². The summed E-state index contributed by atoms with van der Waals surface area (Å²) in [6.45, 7) is 2.27. The third kappa shape index (κ3) is 4.79. The average molecular weight is 557 g/mol. The van der Waals surface area contributed by atoms with Crippen molar-refractivity contribution in [1.82, 2.24) is 0 Å². The Kier molecular flexibility index (Phi) is 7.13. The molecule has 0 heterocycles. The van der Waals surface area contributed by atoms with Gasteiger partial charge in [0.25, 0.3) is 0 Å². The Hall–Kier alpha value is -3.64. The Balaban J connectivity index is 1.34. The van der Waals surface area contributed by atoms with E-state index in [-0.39, 0.29) is 45.6 Å². The van der Waals surface area contributed by atoms with E-state index in [2.05, 4.69) is 12.2 Å². The van der Waals surface area contributed by atoms with E-state index in [0.717, 1.165) is 25.2 Å². The summed E-state index contributed by atoms with van der Waals surface area (Å²) in [6, 6.07) is 15.2. The molecule has 3 aromatic carbocycles. The van der Waals surface area contributed by atoms with Crippen LogP contribution in [0.15, 0.2) is 54.6 Å². The topological polar surface area (TPSA) is 98.5 Å². The number of carbonyl (C=O) groups is 3. The smallest absolute Gasteiger partial charge is 0.340 e. The van der Waals surface area contributed by atoms with E-state index in [9.17, 15) is 14.4 Å². The molecule has 3 aromatic rings. The van der Waals surface area contributed by atoms with Crippen LogP contribution in [0.2, 0.25) is 5.02 Å². The van der Waals surface area contributed by atoms with Crippen molar-refractivity contribution in [1.29, 1.82) is 0 Å². The fourth-order valence-electron chi connectivity index (χ4n) is 6.91. The highest BCUT2D eigenvalue weighted by Gasteiger charge is 2.39. The largest absolute Gasteiger partial charge is 0.459 e. The summed E-state index contributed by atoms with van der Waals surface area (Å²) in [5.41, 5.74) is 8.34. The number of esters is 1. The second kappa shape index (κ2) is 10.7. The molecule has 0 amide bonds. The summed E-state index contributed by atoms with van der Waals surface area (Å²) in [5, 5.41) is 3.78. The van der Waals surface area contributed by atoms with Gasteiger partial charge in [0.2, 0.25) is 0 Å². The SMILES string of the molecule is CCC1CCC2C[C@H](OC(=O)c3cc(Nc4ccc(Cl)cc4)c4c(c3N)C(=O)c3ccccc3C4=O)CC[C@@H]2C1. The normalized spacial score (nSPS) is 23.6. The van der Waals surface area contributed by atoms with Crippen molar-refractivity contribution >= 4 is 46.2 Å². The van der Waals surface area contributed by atoms with Crippen molar-refractivity contribution in [3.8, 4) is 0 Å². The third-order valence-electron chi connectivity index (χ3n) is 9.11. The molecule has 0 aliphatic heterocycles. The molecule has 0 spiro atoms. The molecular formula is C33H33ClN2O4. The molecule has 2 fully saturated rings. The first kappa shape index (κ1) is 26.6. The number of hydrogen-bond acceptors (Lipinski definition) is 6. The van der Waals surface area contributed by atoms with Gasteiger partial charge in [0.05, 0.1) is 28.1 Å². The minimum Gasteiger partial charge on any atom is -0.459 e. The Morgan fingerprint density at radius 1 is 0.925 bits per heavy atom. The number of halogens is 1. The first-order valence-electron chi connectivity index (χ1n) is 14.2. The van der Waals surface area contributed by atoms with E-state index in [1.165, 1.54) is 25.7 Å². The molecule has 3 N–H and O–H groups in total. The van der Waals surface area contributed by atoms with Crippen LogP contribution in [-0.2, 0) is 4.74 Å². The Morgan fingerprint density at radius 2 is 1.57 bits per heavy atom. The number of carbonyl (C=O) groups excluding carboxylic acids is 3.